The molecule has 2 atom stereocenters. The largest absolute Gasteiger partial charge is 0.481 e. The van der Waals surface area contributed by atoms with Gasteiger partial charge in [-0.2, -0.15) is 0 Å². The number of aliphatic carboxylic acids is 2. The molecule has 0 aliphatic rings. The lowest BCUT2D eigenvalue weighted by molar-refractivity contribution is -0.140. The van der Waals surface area contributed by atoms with Gasteiger partial charge < -0.3 is 26.0 Å². The van der Waals surface area contributed by atoms with Gasteiger partial charge in [0.15, 0.2) is 0 Å². The van der Waals surface area contributed by atoms with Crippen molar-refractivity contribution in [3.8, 4) is 0 Å². The summed E-state index contributed by atoms with van der Waals surface area (Å²) in [4.78, 5) is 33.6. The number of amides is 1. The molecule has 2 unspecified atom stereocenters. The first-order valence-corrected chi connectivity index (χ1v) is 7.70. The number of carboxylic acids is 2. The maximum absolute atomic E-state index is 12.0. The van der Waals surface area contributed by atoms with Crippen molar-refractivity contribution >= 4 is 35.1 Å². The van der Waals surface area contributed by atoms with Crippen LogP contribution >= 0.6 is 11.6 Å². The number of anilines is 1. The molecule has 0 fully saturated rings. The molecule has 0 bridgehead atoms. The van der Waals surface area contributed by atoms with Crippen LogP contribution in [0, 0.1) is 0 Å². The van der Waals surface area contributed by atoms with Gasteiger partial charge in [0.05, 0.1) is 12.0 Å². The summed E-state index contributed by atoms with van der Waals surface area (Å²) >= 11 is 5.48. The molecule has 1 amide bonds. The van der Waals surface area contributed by atoms with Crippen molar-refractivity contribution in [2.75, 3.05) is 17.7 Å². The minimum absolute atomic E-state index is 0.0976. The summed E-state index contributed by atoms with van der Waals surface area (Å²) in [6.45, 7) is 0.255. The third-order valence-corrected chi connectivity index (χ3v) is 3.47. The highest BCUT2D eigenvalue weighted by Gasteiger charge is 2.21. The molecule has 1 aromatic rings. The second kappa shape index (κ2) is 9.74. The molecule has 5 N–H and O–H groups in total. The Balaban J connectivity index is 2.62. The number of carbonyl (C=O) groups is 3. The second-order valence-electron chi connectivity index (χ2n) is 5.06. The van der Waals surface area contributed by atoms with Crippen molar-refractivity contribution in [3.05, 3.63) is 29.8 Å². The fourth-order valence-electron chi connectivity index (χ4n) is 1.80. The van der Waals surface area contributed by atoms with Crippen LogP contribution < -0.4 is 10.6 Å². The van der Waals surface area contributed by atoms with Crippen LogP contribution in [0.1, 0.15) is 23.2 Å². The van der Waals surface area contributed by atoms with Gasteiger partial charge in [-0.1, -0.05) is 0 Å². The van der Waals surface area contributed by atoms with Gasteiger partial charge in [0.2, 0.25) is 0 Å². The minimum atomic E-state index is -1.29. The Bertz CT molecular complexity index is 578. The quantitative estimate of drug-likeness (QED) is 0.389. The van der Waals surface area contributed by atoms with E-state index in [4.69, 9.17) is 21.8 Å². The Hall–Kier alpha value is -2.32. The Labute approximate surface area is 143 Å². The number of nitrogens with one attached hydrogen (secondary N) is 2. The molecule has 0 heterocycles. The zero-order valence-corrected chi connectivity index (χ0v) is 13.5. The lowest BCUT2D eigenvalue weighted by atomic mass is 10.1. The highest BCUT2D eigenvalue weighted by Crippen LogP contribution is 2.10. The van der Waals surface area contributed by atoms with E-state index < -0.39 is 30.0 Å². The number of hydrogen-bond acceptors (Lipinski definition) is 5. The number of carbonyl (C=O) groups excluding carboxylic acids is 1. The standard InChI is InChI=1S/C15H19ClN2O6/c16-7-11(19)8-17-10-3-1-9(2-4-10)14(22)18-12(15(23)24)5-6-13(20)21/h1-4,11-12,17,19H,5-8H2,(H,18,22)(H,20,21)(H,23,24). The average molecular weight is 359 g/mol. The number of halogens is 1. The van der Waals surface area contributed by atoms with Gasteiger partial charge in [-0.3, -0.25) is 9.59 Å². The molecular weight excluding hydrogens is 340 g/mol. The van der Waals surface area contributed by atoms with E-state index in [1.807, 2.05) is 0 Å². The summed E-state index contributed by atoms with van der Waals surface area (Å²) in [5.41, 5.74) is 0.899. The molecule has 0 aromatic heterocycles. The van der Waals surface area contributed by atoms with Crippen molar-refractivity contribution in [2.45, 2.75) is 25.0 Å². The topological polar surface area (TPSA) is 136 Å². The summed E-state index contributed by atoms with van der Waals surface area (Å²) in [6, 6.07) is 4.90. The Morgan fingerprint density at radius 2 is 1.75 bits per heavy atom. The van der Waals surface area contributed by atoms with Crippen LogP contribution in [-0.2, 0) is 9.59 Å². The maximum atomic E-state index is 12.0. The Morgan fingerprint density at radius 1 is 1.12 bits per heavy atom. The summed E-state index contributed by atoms with van der Waals surface area (Å²) in [7, 11) is 0. The van der Waals surface area contributed by atoms with Crippen LogP contribution in [-0.4, -0.2) is 57.7 Å². The Kier molecular flexibility index (Phi) is 8.00. The van der Waals surface area contributed by atoms with Crippen LogP contribution in [0.4, 0.5) is 5.69 Å². The molecule has 0 radical (unpaired) electrons. The number of carboxylic acid groups (broad SMARTS) is 2. The number of aliphatic hydroxyl groups excluding tert-OH is 1. The van der Waals surface area contributed by atoms with E-state index in [1.54, 1.807) is 12.1 Å². The van der Waals surface area contributed by atoms with Crippen LogP contribution in [0.15, 0.2) is 24.3 Å². The molecular formula is C15H19ClN2O6. The molecule has 0 saturated heterocycles. The summed E-state index contributed by atoms with van der Waals surface area (Å²) in [5, 5.41) is 32.2. The first-order valence-electron chi connectivity index (χ1n) is 7.17. The number of aliphatic hydroxyl groups is 1. The molecule has 8 nitrogen and oxygen atoms in total. The van der Waals surface area contributed by atoms with E-state index in [-0.39, 0.29) is 30.8 Å². The predicted octanol–water partition coefficient (Wildman–Crippen LogP) is 0.746. The van der Waals surface area contributed by atoms with E-state index in [1.165, 1.54) is 12.1 Å². The van der Waals surface area contributed by atoms with E-state index in [0.717, 1.165) is 0 Å². The molecule has 132 valence electrons. The van der Waals surface area contributed by atoms with Crippen molar-refractivity contribution in [1.29, 1.82) is 0 Å². The summed E-state index contributed by atoms with van der Waals surface area (Å²) in [6.07, 6.45) is -1.25. The van der Waals surface area contributed by atoms with Gasteiger partial charge in [0, 0.05) is 24.2 Å². The first kappa shape index (κ1) is 19.7. The minimum Gasteiger partial charge on any atom is -0.481 e. The molecule has 1 rings (SSSR count). The number of hydrogen-bond donors (Lipinski definition) is 5. The zero-order valence-electron chi connectivity index (χ0n) is 12.7. The lowest BCUT2D eigenvalue weighted by Gasteiger charge is -2.14. The van der Waals surface area contributed by atoms with Gasteiger partial charge in [-0.25, -0.2) is 4.79 Å². The highest BCUT2D eigenvalue weighted by atomic mass is 35.5. The van der Waals surface area contributed by atoms with Crippen molar-refractivity contribution in [3.63, 3.8) is 0 Å². The summed E-state index contributed by atoms with van der Waals surface area (Å²) < 4.78 is 0. The van der Waals surface area contributed by atoms with Crippen LogP contribution in [0.3, 0.4) is 0 Å². The van der Waals surface area contributed by atoms with Crippen LogP contribution in [0.2, 0.25) is 0 Å². The van der Waals surface area contributed by atoms with Gasteiger partial charge in [-0.15, -0.1) is 11.6 Å². The van der Waals surface area contributed by atoms with Gasteiger partial charge in [0.25, 0.3) is 5.91 Å². The Morgan fingerprint density at radius 3 is 2.25 bits per heavy atom. The van der Waals surface area contributed by atoms with E-state index in [0.29, 0.717) is 5.69 Å². The normalized spacial score (nSPS) is 12.9. The average Bonchev–Trinajstić information content (AvgIpc) is 2.56. The third kappa shape index (κ3) is 6.84. The van der Waals surface area contributed by atoms with Gasteiger partial charge >= 0.3 is 11.9 Å². The van der Waals surface area contributed by atoms with Crippen LogP contribution in [0.5, 0.6) is 0 Å². The smallest absolute Gasteiger partial charge is 0.326 e. The fraction of sp³-hybridized carbons (Fsp3) is 0.400. The predicted molar refractivity (Wildman–Crippen MR) is 87.4 cm³/mol. The molecule has 0 aliphatic heterocycles. The SMILES string of the molecule is O=C(O)CCC(NC(=O)c1ccc(NCC(O)CCl)cc1)C(=O)O. The zero-order chi connectivity index (χ0) is 18.1. The molecule has 1 aromatic carbocycles. The highest BCUT2D eigenvalue weighted by molar-refractivity contribution is 6.18. The molecule has 24 heavy (non-hydrogen) atoms. The number of alkyl halides is 1. The van der Waals surface area contributed by atoms with Crippen molar-refractivity contribution in [1.82, 2.24) is 5.32 Å². The van der Waals surface area contributed by atoms with Crippen molar-refractivity contribution < 1.29 is 29.7 Å². The number of rotatable bonds is 10. The second-order valence-corrected chi connectivity index (χ2v) is 5.37. The van der Waals surface area contributed by atoms with Crippen molar-refractivity contribution in [2.24, 2.45) is 0 Å². The summed E-state index contributed by atoms with van der Waals surface area (Å²) in [5.74, 6) is -2.94. The lowest BCUT2D eigenvalue weighted by Crippen LogP contribution is -2.41. The third-order valence-electron chi connectivity index (χ3n) is 3.12. The molecule has 0 spiro atoms. The monoisotopic (exact) mass is 358 g/mol. The molecule has 0 aliphatic carbocycles. The molecule has 9 heteroatoms. The first-order chi connectivity index (χ1) is 11.3. The van der Waals surface area contributed by atoms with Gasteiger partial charge in [-0.05, 0) is 30.7 Å². The van der Waals surface area contributed by atoms with Gasteiger partial charge in [0.1, 0.15) is 6.04 Å². The maximum Gasteiger partial charge on any atom is 0.326 e. The van der Waals surface area contributed by atoms with E-state index >= 15 is 0 Å². The van der Waals surface area contributed by atoms with E-state index in [9.17, 15) is 19.5 Å². The fourth-order valence-corrected chi connectivity index (χ4v) is 1.91. The number of benzene rings is 1. The van der Waals surface area contributed by atoms with E-state index in [2.05, 4.69) is 10.6 Å². The molecule has 0 saturated carbocycles. The van der Waals surface area contributed by atoms with Crippen LogP contribution in [0.25, 0.3) is 0 Å².